The van der Waals surface area contributed by atoms with Crippen molar-refractivity contribution in [2.45, 2.75) is 45.1 Å². The predicted octanol–water partition coefficient (Wildman–Crippen LogP) is 2.85. The van der Waals surface area contributed by atoms with Crippen molar-refractivity contribution in [2.24, 2.45) is 0 Å². The monoisotopic (exact) mass is 272 g/mol. The minimum absolute atomic E-state index is 0.0115. The summed E-state index contributed by atoms with van der Waals surface area (Å²) in [5.74, 6) is 1.15. The molecule has 1 unspecified atom stereocenters. The molecular weight excluding hydrogens is 252 g/mol. The molecule has 3 heterocycles. The number of H-pyrrole nitrogens is 1. The van der Waals surface area contributed by atoms with E-state index in [0.29, 0.717) is 11.7 Å². The van der Waals surface area contributed by atoms with E-state index in [2.05, 4.69) is 47.0 Å². The molecule has 1 N–H and O–H groups in total. The van der Waals surface area contributed by atoms with E-state index in [1.165, 1.54) is 11.9 Å². The number of ether oxygens (including phenoxy) is 1. The molecule has 106 valence electrons. The Morgan fingerprint density at radius 3 is 2.80 bits per heavy atom. The lowest BCUT2D eigenvalue weighted by atomic mass is 9.86. The van der Waals surface area contributed by atoms with E-state index in [1.807, 2.05) is 6.07 Å². The summed E-state index contributed by atoms with van der Waals surface area (Å²) in [5, 5.41) is 6.70. The first-order chi connectivity index (χ1) is 9.55. The number of aromatic amines is 1. The lowest BCUT2D eigenvalue weighted by molar-refractivity contribution is -0.0611. The quantitative estimate of drug-likeness (QED) is 0.913. The third kappa shape index (κ3) is 2.58. The summed E-state index contributed by atoms with van der Waals surface area (Å²) in [6.07, 6.45) is 3.73. The predicted molar refractivity (Wildman–Crippen MR) is 76.4 cm³/mol. The van der Waals surface area contributed by atoms with Crippen molar-refractivity contribution >= 4 is 0 Å². The normalized spacial score (nSPS) is 21.9. The maximum Gasteiger partial charge on any atom is 0.174 e. The number of aryl methyl sites for hydroxylation is 1. The highest BCUT2D eigenvalue weighted by atomic mass is 16.5. The molecular formula is C15H20N4O. The molecule has 1 aliphatic rings. The summed E-state index contributed by atoms with van der Waals surface area (Å²) in [4.78, 5) is 8.77. The zero-order chi connectivity index (χ0) is 14.2. The van der Waals surface area contributed by atoms with Crippen LogP contribution in [-0.2, 0) is 4.74 Å². The van der Waals surface area contributed by atoms with E-state index in [0.717, 1.165) is 30.8 Å². The Labute approximate surface area is 118 Å². The molecule has 2 aromatic rings. The van der Waals surface area contributed by atoms with Gasteiger partial charge in [-0.3, -0.25) is 5.10 Å². The van der Waals surface area contributed by atoms with Gasteiger partial charge in [0, 0.05) is 11.6 Å². The Bertz CT molecular complexity index is 582. The van der Waals surface area contributed by atoms with E-state index < -0.39 is 0 Å². The third-order valence-electron chi connectivity index (χ3n) is 3.99. The zero-order valence-electron chi connectivity index (χ0n) is 12.2. The van der Waals surface area contributed by atoms with E-state index >= 15 is 0 Å². The minimum atomic E-state index is 0.0115. The second kappa shape index (κ2) is 4.98. The summed E-state index contributed by atoms with van der Waals surface area (Å²) in [5.41, 5.74) is 3.18. The second-order valence-corrected chi connectivity index (χ2v) is 6.01. The van der Waals surface area contributed by atoms with Crippen molar-refractivity contribution in [3.05, 3.63) is 29.7 Å². The van der Waals surface area contributed by atoms with E-state index in [-0.39, 0.29) is 5.60 Å². The standard InChI is InChI=1S/C15H20N4O/c1-10-12(11-6-7-15(2,3)20-8-11)4-5-13(18-10)14-16-9-17-19-14/h4-5,9,11H,6-8H2,1-3H3,(H,16,17,19). The first-order valence-electron chi connectivity index (χ1n) is 7.02. The Morgan fingerprint density at radius 1 is 1.35 bits per heavy atom. The van der Waals surface area contributed by atoms with Gasteiger partial charge in [-0.05, 0) is 45.2 Å². The molecule has 0 spiro atoms. The van der Waals surface area contributed by atoms with Gasteiger partial charge < -0.3 is 4.74 Å². The van der Waals surface area contributed by atoms with Gasteiger partial charge in [-0.1, -0.05) is 6.07 Å². The SMILES string of the molecule is Cc1nc(-c2ncn[nH]2)ccc1C1CCC(C)(C)OC1. The van der Waals surface area contributed by atoms with E-state index in [1.54, 1.807) is 0 Å². The molecule has 1 aliphatic heterocycles. The molecule has 0 amide bonds. The van der Waals surface area contributed by atoms with Crippen molar-refractivity contribution in [2.75, 3.05) is 6.61 Å². The average Bonchev–Trinajstić information content (AvgIpc) is 2.93. The first kappa shape index (κ1) is 13.2. The molecule has 0 bridgehead atoms. The van der Waals surface area contributed by atoms with Crippen molar-refractivity contribution in [3.63, 3.8) is 0 Å². The molecule has 1 fully saturated rings. The van der Waals surface area contributed by atoms with Crippen LogP contribution >= 0.6 is 0 Å². The number of hydrogen-bond donors (Lipinski definition) is 1. The highest BCUT2D eigenvalue weighted by Gasteiger charge is 2.29. The van der Waals surface area contributed by atoms with E-state index in [9.17, 15) is 0 Å². The molecule has 2 aromatic heterocycles. The number of pyridine rings is 1. The number of rotatable bonds is 2. The third-order valence-corrected chi connectivity index (χ3v) is 3.99. The van der Waals surface area contributed by atoms with Gasteiger partial charge in [0.25, 0.3) is 0 Å². The highest BCUT2D eigenvalue weighted by molar-refractivity contribution is 5.49. The Kier molecular flexibility index (Phi) is 3.30. The smallest absolute Gasteiger partial charge is 0.174 e. The number of nitrogens with zero attached hydrogens (tertiary/aromatic N) is 3. The fourth-order valence-corrected chi connectivity index (χ4v) is 2.71. The number of aromatic nitrogens is 4. The van der Waals surface area contributed by atoms with Gasteiger partial charge in [0.2, 0.25) is 0 Å². The zero-order valence-corrected chi connectivity index (χ0v) is 12.2. The van der Waals surface area contributed by atoms with Crippen LogP contribution in [0.5, 0.6) is 0 Å². The van der Waals surface area contributed by atoms with Crippen LogP contribution < -0.4 is 0 Å². The van der Waals surface area contributed by atoms with Gasteiger partial charge in [0.1, 0.15) is 12.0 Å². The van der Waals surface area contributed by atoms with Crippen molar-refractivity contribution in [1.82, 2.24) is 20.2 Å². The summed E-state index contributed by atoms with van der Waals surface area (Å²) >= 11 is 0. The molecule has 0 aliphatic carbocycles. The fraction of sp³-hybridized carbons (Fsp3) is 0.533. The summed E-state index contributed by atoms with van der Waals surface area (Å²) < 4.78 is 5.93. The van der Waals surface area contributed by atoms with Gasteiger partial charge in [-0.25, -0.2) is 9.97 Å². The van der Waals surface area contributed by atoms with Crippen molar-refractivity contribution in [1.29, 1.82) is 0 Å². The van der Waals surface area contributed by atoms with Gasteiger partial charge in [-0.15, -0.1) is 0 Å². The molecule has 0 saturated carbocycles. The first-order valence-corrected chi connectivity index (χ1v) is 7.02. The fourth-order valence-electron chi connectivity index (χ4n) is 2.71. The molecule has 1 atom stereocenters. The van der Waals surface area contributed by atoms with Gasteiger partial charge in [0.15, 0.2) is 5.82 Å². The summed E-state index contributed by atoms with van der Waals surface area (Å²) in [7, 11) is 0. The van der Waals surface area contributed by atoms with Crippen LogP contribution in [0.25, 0.3) is 11.5 Å². The molecule has 0 aromatic carbocycles. The van der Waals surface area contributed by atoms with Crippen LogP contribution in [0.15, 0.2) is 18.5 Å². The van der Waals surface area contributed by atoms with Gasteiger partial charge >= 0.3 is 0 Å². The minimum Gasteiger partial charge on any atom is -0.375 e. The Morgan fingerprint density at radius 2 is 2.20 bits per heavy atom. The lowest BCUT2D eigenvalue weighted by Crippen LogP contribution is -2.33. The molecule has 5 heteroatoms. The van der Waals surface area contributed by atoms with Crippen LogP contribution in [0.3, 0.4) is 0 Å². The number of hydrogen-bond acceptors (Lipinski definition) is 4. The highest BCUT2D eigenvalue weighted by Crippen LogP contribution is 2.34. The topological polar surface area (TPSA) is 63.7 Å². The number of nitrogens with one attached hydrogen (secondary N) is 1. The van der Waals surface area contributed by atoms with Gasteiger partial charge in [-0.2, -0.15) is 5.10 Å². The molecule has 0 radical (unpaired) electrons. The summed E-state index contributed by atoms with van der Waals surface area (Å²) in [6.45, 7) is 7.13. The van der Waals surface area contributed by atoms with Crippen LogP contribution in [0.2, 0.25) is 0 Å². The van der Waals surface area contributed by atoms with Crippen LogP contribution in [0, 0.1) is 6.92 Å². The van der Waals surface area contributed by atoms with Crippen LogP contribution in [-0.4, -0.2) is 32.4 Å². The molecule has 5 nitrogen and oxygen atoms in total. The van der Waals surface area contributed by atoms with Crippen molar-refractivity contribution < 1.29 is 4.74 Å². The Hall–Kier alpha value is -1.75. The van der Waals surface area contributed by atoms with Crippen molar-refractivity contribution in [3.8, 4) is 11.5 Å². The van der Waals surface area contributed by atoms with Crippen LogP contribution in [0.1, 0.15) is 43.9 Å². The second-order valence-electron chi connectivity index (χ2n) is 6.01. The molecule has 3 rings (SSSR count). The molecule has 1 saturated heterocycles. The van der Waals surface area contributed by atoms with E-state index in [4.69, 9.17) is 4.74 Å². The Balaban J connectivity index is 1.82. The average molecular weight is 272 g/mol. The lowest BCUT2D eigenvalue weighted by Gasteiger charge is -2.35. The maximum absolute atomic E-state index is 5.93. The maximum atomic E-state index is 5.93. The summed E-state index contributed by atoms with van der Waals surface area (Å²) in [6, 6.07) is 4.15. The van der Waals surface area contributed by atoms with Crippen LogP contribution in [0.4, 0.5) is 0 Å². The largest absolute Gasteiger partial charge is 0.375 e. The van der Waals surface area contributed by atoms with Gasteiger partial charge in [0.05, 0.1) is 12.2 Å². The molecule has 20 heavy (non-hydrogen) atoms.